The number of aromatic nitrogens is 1. The van der Waals surface area contributed by atoms with Crippen molar-refractivity contribution in [3.63, 3.8) is 0 Å². The van der Waals surface area contributed by atoms with Crippen molar-refractivity contribution in [2.75, 3.05) is 19.6 Å². The van der Waals surface area contributed by atoms with Gasteiger partial charge in [-0.15, -0.1) is 0 Å². The number of carbonyl (C=O) groups is 1. The van der Waals surface area contributed by atoms with Crippen molar-refractivity contribution in [1.82, 2.24) is 19.3 Å². The highest BCUT2D eigenvalue weighted by Gasteiger charge is 2.51. The van der Waals surface area contributed by atoms with Crippen LogP contribution in [-0.4, -0.2) is 48.8 Å². The summed E-state index contributed by atoms with van der Waals surface area (Å²) < 4.78 is 29.0. The van der Waals surface area contributed by atoms with Gasteiger partial charge in [0.05, 0.1) is 10.6 Å². The predicted octanol–water partition coefficient (Wildman–Crippen LogP) is 3.78. The molecule has 0 unspecified atom stereocenters. The van der Waals surface area contributed by atoms with E-state index in [1.54, 1.807) is 25.3 Å². The maximum atomic E-state index is 13.1. The number of piperidine rings is 1. The van der Waals surface area contributed by atoms with Crippen molar-refractivity contribution >= 4 is 39.3 Å². The molecule has 2 heterocycles. The molecule has 1 aliphatic rings. The van der Waals surface area contributed by atoms with E-state index in [9.17, 15) is 13.2 Å². The molecule has 0 radical (unpaired) electrons. The van der Waals surface area contributed by atoms with Crippen LogP contribution in [0.25, 0.3) is 0 Å². The van der Waals surface area contributed by atoms with E-state index in [1.807, 2.05) is 32.0 Å². The monoisotopic (exact) mass is 498 g/mol. The molecule has 0 spiro atoms. The van der Waals surface area contributed by atoms with Gasteiger partial charge < -0.3 is 5.32 Å². The van der Waals surface area contributed by atoms with E-state index in [4.69, 9.17) is 23.2 Å². The Morgan fingerprint density at radius 1 is 1.19 bits per heavy atom. The van der Waals surface area contributed by atoms with Crippen LogP contribution in [0.1, 0.15) is 49.7 Å². The number of amides is 1. The van der Waals surface area contributed by atoms with Crippen LogP contribution in [0.4, 0.5) is 0 Å². The Labute approximate surface area is 199 Å². The molecule has 2 aromatic rings. The van der Waals surface area contributed by atoms with Crippen LogP contribution in [0.15, 0.2) is 42.6 Å². The van der Waals surface area contributed by atoms with Crippen molar-refractivity contribution in [3.05, 3.63) is 63.9 Å². The maximum Gasteiger partial charge on any atom is 0.279 e. The third-order valence-electron chi connectivity index (χ3n) is 6.20. The molecule has 0 bridgehead atoms. The molecule has 0 saturated carbocycles. The second-order valence-electron chi connectivity index (χ2n) is 8.40. The lowest BCUT2D eigenvalue weighted by molar-refractivity contribution is 0.0770. The summed E-state index contributed by atoms with van der Waals surface area (Å²) >= 11 is 12.2. The molecule has 7 nitrogen and oxygen atoms in total. The second-order valence-corrected chi connectivity index (χ2v) is 11.0. The van der Waals surface area contributed by atoms with Gasteiger partial charge in [-0.3, -0.25) is 9.78 Å². The van der Waals surface area contributed by atoms with E-state index >= 15 is 0 Å². The quantitative estimate of drug-likeness (QED) is 0.607. The number of hydrogen-bond donors (Lipinski definition) is 2. The Balaban J connectivity index is 1.93. The van der Waals surface area contributed by atoms with E-state index in [1.165, 1.54) is 10.4 Å². The van der Waals surface area contributed by atoms with Crippen molar-refractivity contribution in [1.29, 1.82) is 0 Å². The van der Waals surface area contributed by atoms with Crippen LogP contribution >= 0.6 is 23.2 Å². The largest absolute Gasteiger partial charge is 0.346 e. The number of nitrogens with zero attached hydrogens (tertiary/aromatic N) is 2. The van der Waals surface area contributed by atoms with Crippen LogP contribution in [0.5, 0.6) is 0 Å². The fourth-order valence-electron chi connectivity index (χ4n) is 4.37. The first-order valence-corrected chi connectivity index (χ1v) is 12.7. The summed E-state index contributed by atoms with van der Waals surface area (Å²) in [5, 5.41) is 3.85. The lowest BCUT2D eigenvalue weighted by atomic mass is 9.63. The van der Waals surface area contributed by atoms with E-state index in [0.29, 0.717) is 43.1 Å². The average Bonchev–Trinajstić information content (AvgIpc) is 2.73. The zero-order valence-corrected chi connectivity index (χ0v) is 20.7. The van der Waals surface area contributed by atoms with Gasteiger partial charge in [0.15, 0.2) is 0 Å². The van der Waals surface area contributed by atoms with Crippen LogP contribution < -0.4 is 10.0 Å². The number of hydrogen-bond acceptors (Lipinski definition) is 4. The molecule has 1 aromatic carbocycles. The Kier molecular flexibility index (Phi) is 7.51. The second kappa shape index (κ2) is 9.65. The molecule has 10 heteroatoms. The average molecular weight is 499 g/mol. The van der Waals surface area contributed by atoms with E-state index in [-0.39, 0.29) is 10.9 Å². The van der Waals surface area contributed by atoms with Crippen molar-refractivity contribution in [2.45, 2.75) is 44.6 Å². The van der Waals surface area contributed by atoms with Gasteiger partial charge in [-0.25, -0.2) is 4.72 Å². The van der Waals surface area contributed by atoms with Gasteiger partial charge in [0.1, 0.15) is 0 Å². The molecular formula is C22H28Cl2N4O3S. The first-order chi connectivity index (χ1) is 15.0. The lowest BCUT2D eigenvalue weighted by Gasteiger charge is -2.50. The standard InChI is InChI=1S/C22H28Cl2N4O3S/c1-4-26-32(30,31)28-13-10-22(11-14-28,19-7-5-6-12-25-19)21(2,3)27-20(29)17-9-8-16(23)15-18(17)24/h5-9,12,15,26H,4,10-11,13-14H2,1-3H3,(H,27,29). The van der Waals surface area contributed by atoms with Crippen molar-refractivity contribution in [2.24, 2.45) is 0 Å². The van der Waals surface area contributed by atoms with Gasteiger partial charge in [0.2, 0.25) is 0 Å². The molecule has 3 rings (SSSR count). The topological polar surface area (TPSA) is 91.4 Å². The van der Waals surface area contributed by atoms with Crippen LogP contribution in [0.2, 0.25) is 10.0 Å². The Morgan fingerprint density at radius 3 is 2.44 bits per heavy atom. The fourth-order valence-corrected chi connectivity index (χ4v) is 6.08. The minimum Gasteiger partial charge on any atom is -0.346 e. The fraction of sp³-hybridized carbons (Fsp3) is 0.455. The molecule has 174 valence electrons. The molecule has 1 aliphatic heterocycles. The Hall–Kier alpha value is -1.71. The molecule has 1 fully saturated rings. The normalized spacial score (nSPS) is 17.2. The highest BCUT2D eigenvalue weighted by molar-refractivity contribution is 7.87. The summed E-state index contributed by atoms with van der Waals surface area (Å²) in [4.78, 5) is 17.7. The molecule has 1 aromatic heterocycles. The van der Waals surface area contributed by atoms with Gasteiger partial charge in [-0.05, 0) is 57.0 Å². The number of rotatable bonds is 7. The summed E-state index contributed by atoms with van der Waals surface area (Å²) in [5.74, 6) is -0.324. The van der Waals surface area contributed by atoms with Crippen LogP contribution in [-0.2, 0) is 15.6 Å². The van der Waals surface area contributed by atoms with Crippen molar-refractivity contribution in [3.8, 4) is 0 Å². The first-order valence-electron chi connectivity index (χ1n) is 10.5. The zero-order chi connectivity index (χ0) is 23.6. The van der Waals surface area contributed by atoms with Gasteiger partial charge >= 0.3 is 0 Å². The molecular weight excluding hydrogens is 471 g/mol. The Morgan fingerprint density at radius 2 is 1.88 bits per heavy atom. The number of nitrogens with one attached hydrogen (secondary N) is 2. The number of halogens is 2. The summed E-state index contributed by atoms with van der Waals surface area (Å²) in [7, 11) is -3.54. The Bertz CT molecular complexity index is 1070. The minimum atomic E-state index is -3.54. The van der Waals surface area contributed by atoms with Gasteiger partial charge in [0, 0.05) is 47.5 Å². The van der Waals surface area contributed by atoms with Gasteiger partial charge in [-0.2, -0.15) is 12.7 Å². The number of benzene rings is 1. The summed E-state index contributed by atoms with van der Waals surface area (Å²) in [6.07, 6.45) is 2.71. The first kappa shape index (κ1) is 24.9. The van der Waals surface area contributed by atoms with E-state index in [0.717, 1.165) is 5.69 Å². The van der Waals surface area contributed by atoms with Crippen LogP contribution in [0.3, 0.4) is 0 Å². The van der Waals surface area contributed by atoms with Gasteiger partial charge in [-0.1, -0.05) is 36.2 Å². The third-order valence-corrected chi connectivity index (χ3v) is 8.44. The maximum absolute atomic E-state index is 13.1. The molecule has 0 atom stereocenters. The number of pyridine rings is 1. The minimum absolute atomic E-state index is 0.268. The molecule has 32 heavy (non-hydrogen) atoms. The van der Waals surface area contributed by atoms with Crippen LogP contribution in [0, 0.1) is 0 Å². The predicted molar refractivity (Wildman–Crippen MR) is 127 cm³/mol. The summed E-state index contributed by atoms with van der Waals surface area (Å²) in [6.45, 7) is 6.59. The third kappa shape index (κ3) is 4.94. The molecule has 0 aliphatic carbocycles. The zero-order valence-electron chi connectivity index (χ0n) is 18.4. The molecule has 2 N–H and O–H groups in total. The lowest BCUT2D eigenvalue weighted by Crippen LogP contribution is -2.63. The summed E-state index contributed by atoms with van der Waals surface area (Å²) in [5.41, 5.74) is -0.197. The van der Waals surface area contributed by atoms with Gasteiger partial charge in [0.25, 0.3) is 16.1 Å². The molecule has 1 amide bonds. The highest BCUT2D eigenvalue weighted by atomic mass is 35.5. The highest BCUT2D eigenvalue weighted by Crippen LogP contribution is 2.44. The smallest absolute Gasteiger partial charge is 0.279 e. The van der Waals surface area contributed by atoms with Crippen molar-refractivity contribution < 1.29 is 13.2 Å². The van der Waals surface area contributed by atoms with E-state index in [2.05, 4.69) is 15.0 Å². The van der Waals surface area contributed by atoms with E-state index < -0.39 is 21.2 Å². The summed E-state index contributed by atoms with van der Waals surface area (Å²) in [6, 6.07) is 10.4. The molecule has 1 saturated heterocycles. The number of carbonyl (C=O) groups excluding carboxylic acids is 1. The SMILES string of the molecule is CCNS(=O)(=O)N1CCC(c2ccccn2)(C(C)(C)NC(=O)c2ccc(Cl)cc2Cl)CC1.